The van der Waals surface area contributed by atoms with E-state index in [4.69, 9.17) is 0 Å². The van der Waals surface area contributed by atoms with Crippen LogP contribution in [0.5, 0.6) is 5.75 Å². The van der Waals surface area contributed by atoms with Gasteiger partial charge in [-0.25, -0.2) is 0 Å². The van der Waals surface area contributed by atoms with Crippen LogP contribution in [0.3, 0.4) is 0 Å². The predicted molar refractivity (Wildman–Crippen MR) is 240 cm³/mol. The average molecular weight is 859 g/mol. The Morgan fingerprint density at radius 3 is 1.82 bits per heavy atom. The number of nitrogens with zero attached hydrogens (tertiary/aromatic N) is 2. The van der Waals surface area contributed by atoms with Crippen LogP contribution in [0, 0.1) is 5.92 Å². The number of hydrogen-bond acceptors (Lipinski definition) is 9. The average Bonchev–Trinajstić information content (AvgIpc) is 3.22. The Bertz CT molecular complexity index is 2490. The Morgan fingerprint density at radius 1 is 0.633 bits per heavy atom. The fourth-order valence-electron chi connectivity index (χ4n) is 7.35. The molecule has 0 heterocycles. The van der Waals surface area contributed by atoms with Gasteiger partial charge in [0, 0.05) is 17.3 Å². The van der Waals surface area contributed by atoms with Crippen LogP contribution in [0.2, 0.25) is 0 Å². The number of amides is 1. The number of rotatable bonds is 24. The summed E-state index contributed by atoms with van der Waals surface area (Å²) in [6.45, 7) is 4.96. The summed E-state index contributed by atoms with van der Waals surface area (Å²) in [7, 11) is -8.97. The number of aromatic hydroxyl groups is 1. The molecule has 0 radical (unpaired) electrons. The lowest BCUT2D eigenvalue weighted by Crippen LogP contribution is -2.17. The van der Waals surface area contributed by atoms with Gasteiger partial charge >= 0.3 is 0 Å². The third kappa shape index (κ3) is 13.6. The Kier molecular flexibility index (Phi) is 17.0. The van der Waals surface area contributed by atoms with Crippen LogP contribution in [0.15, 0.2) is 105 Å². The van der Waals surface area contributed by atoms with Crippen molar-refractivity contribution in [3.05, 3.63) is 90.5 Å². The number of carbonyl (C=O) groups excluding carboxylic acids is 1. The molecule has 5 aromatic carbocycles. The highest BCUT2D eigenvalue weighted by Crippen LogP contribution is 2.38. The largest absolute Gasteiger partial charge is 0.506 e. The van der Waals surface area contributed by atoms with Crippen molar-refractivity contribution in [2.45, 2.75) is 120 Å². The molecule has 0 fully saturated rings. The van der Waals surface area contributed by atoms with Crippen molar-refractivity contribution < 1.29 is 35.8 Å². The number of unbranched alkanes of at least 4 members (excludes halogenated alkanes) is 13. The van der Waals surface area contributed by atoms with E-state index in [1.54, 1.807) is 42.5 Å². The lowest BCUT2D eigenvalue weighted by Gasteiger charge is -2.18. The first-order chi connectivity index (χ1) is 28.7. The molecule has 0 aliphatic carbocycles. The van der Waals surface area contributed by atoms with Gasteiger partial charge in [0.1, 0.15) is 5.75 Å². The second-order valence-electron chi connectivity index (χ2n) is 15.7. The number of anilines is 2. The van der Waals surface area contributed by atoms with E-state index >= 15 is 0 Å². The molecule has 1 amide bonds. The van der Waals surface area contributed by atoms with E-state index in [0.717, 1.165) is 12.8 Å². The van der Waals surface area contributed by atoms with E-state index in [0.29, 0.717) is 45.4 Å². The maximum atomic E-state index is 13.9. The number of carbonyl (C=O) groups is 1. The quantitative estimate of drug-likeness (QED) is 0.0228. The highest BCUT2D eigenvalue weighted by molar-refractivity contribution is 7.86. The molecule has 60 heavy (non-hydrogen) atoms. The summed E-state index contributed by atoms with van der Waals surface area (Å²) in [6, 6.07) is 21.2. The highest BCUT2D eigenvalue weighted by Gasteiger charge is 2.21. The van der Waals surface area contributed by atoms with E-state index in [1.165, 1.54) is 126 Å². The minimum atomic E-state index is -4.60. The molecule has 0 saturated heterocycles. The Morgan fingerprint density at radius 2 is 1.18 bits per heavy atom. The summed E-state index contributed by atoms with van der Waals surface area (Å²) in [4.78, 5) is 13.3. The van der Waals surface area contributed by atoms with E-state index < -0.39 is 31.0 Å². The first kappa shape index (κ1) is 46.2. The van der Waals surface area contributed by atoms with Gasteiger partial charge in [0.05, 0.1) is 38.1 Å². The molecule has 5 N–H and O–H groups in total. The maximum absolute atomic E-state index is 13.9. The van der Waals surface area contributed by atoms with Crippen molar-refractivity contribution in [2.24, 2.45) is 16.1 Å². The highest BCUT2D eigenvalue weighted by atomic mass is 32.2. The predicted octanol–water partition coefficient (Wildman–Crippen LogP) is 12.8. The first-order valence-electron chi connectivity index (χ1n) is 21.1. The molecule has 0 saturated carbocycles. The zero-order valence-electron chi connectivity index (χ0n) is 34.6. The second-order valence-corrected chi connectivity index (χ2v) is 18.6. The number of azo groups is 1. The van der Waals surface area contributed by atoms with Crippen LogP contribution < -0.4 is 10.6 Å². The smallest absolute Gasteiger partial charge is 0.294 e. The summed E-state index contributed by atoms with van der Waals surface area (Å²) in [6.07, 6.45) is 19.2. The lowest BCUT2D eigenvalue weighted by atomic mass is 10.0. The van der Waals surface area contributed by atoms with Gasteiger partial charge in [-0.05, 0) is 71.6 Å². The molecule has 14 heteroatoms. The van der Waals surface area contributed by atoms with Gasteiger partial charge in [-0.15, -0.1) is 5.11 Å². The van der Waals surface area contributed by atoms with Crippen LogP contribution in [-0.4, -0.2) is 43.5 Å². The molecule has 322 valence electrons. The third-order valence-corrected chi connectivity index (χ3v) is 12.5. The van der Waals surface area contributed by atoms with Gasteiger partial charge in [-0.1, -0.05) is 140 Å². The zero-order valence-corrected chi connectivity index (χ0v) is 36.2. The molecule has 12 nitrogen and oxygen atoms in total. The van der Waals surface area contributed by atoms with E-state index in [-0.39, 0.29) is 27.6 Å². The van der Waals surface area contributed by atoms with Crippen LogP contribution in [0.1, 0.15) is 121 Å². The number of fused-ring (bicyclic) bond motifs is 2. The van der Waals surface area contributed by atoms with Gasteiger partial charge in [0.2, 0.25) is 0 Å². The Hall–Kier alpha value is -4.89. The SMILES string of the molecule is CCCCCCCCCCCCCCCCC(C)CNc1ccc(S(=O)(=O)O)cc1NC(=O)c1cc(N=Nc2ccc3cc(S(=O)(=O)O)ccc3c2)c2ccccc2c1O. The first-order valence-corrected chi connectivity index (χ1v) is 24.0. The topological polar surface area (TPSA) is 195 Å². The van der Waals surface area contributed by atoms with Crippen LogP contribution in [-0.2, 0) is 20.2 Å². The summed E-state index contributed by atoms with van der Waals surface area (Å²) in [5.41, 5.74) is 1.08. The molecule has 1 unspecified atom stereocenters. The summed E-state index contributed by atoms with van der Waals surface area (Å²) < 4.78 is 66.6. The number of hydrogen-bond donors (Lipinski definition) is 5. The second kappa shape index (κ2) is 22.1. The normalized spacial score (nSPS) is 12.7. The molecule has 0 aliphatic rings. The fraction of sp³-hybridized carbons (Fsp3) is 0.413. The number of phenols is 1. The number of nitrogens with one attached hydrogen (secondary N) is 2. The van der Waals surface area contributed by atoms with Crippen molar-refractivity contribution in [3.63, 3.8) is 0 Å². The molecule has 1 atom stereocenters. The van der Waals surface area contributed by atoms with Crippen LogP contribution in [0.4, 0.5) is 22.7 Å². The van der Waals surface area contributed by atoms with Crippen molar-refractivity contribution in [1.82, 2.24) is 0 Å². The van der Waals surface area contributed by atoms with E-state index in [9.17, 15) is 35.8 Å². The molecule has 5 aromatic rings. The zero-order chi connectivity index (χ0) is 43.1. The van der Waals surface area contributed by atoms with Crippen molar-refractivity contribution in [2.75, 3.05) is 17.2 Å². The minimum absolute atomic E-state index is 0.0999. The van der Waals surface area contributed by atoms with Gasteiger partial charge in [-0.2, -0.15) is 21.9 Å². The monoisotopic (exact) mass is 858 g/mol. The van der Waals surface area contributed by atoms with Gasteiger partial charge in [0.15, 0.2) is 0 Å². The van der Waals surface area contributed by atoms with Gasteiger partial charge in [0.25, 0.3) is 26.1 Å². The molecule has 0 bridgehead atoms. The molecule has 0 aromatic heterocycles. The summed E-state index contributed by atoms with van der Waals surface area (Å²) >= 11 is 0. The Labute approximate surface area is 354 Å². The van der Waals surface area contributed by atoms with Crippen molar-refractivity contribution in [1.29, 1.82) is 0 Å². The molecule has 0 aliphatic heterocycles. The molecular weight excluding hydrogens is 801 g/mol. The van der Waals surface area contributed by atoms with Crippen molar-refractivity contribution in [3.8, 4) is 5.75 Å². The summed E-state index contributed by atoms with van der Waals surface area (Å²) in [5, 5.41) is 28.2. The molecular formula is C46H58N4O8S2. The van der Waals surface area contributed by atoms with E-state index in [1.807, 2.05) is 0 Å². The molecule has 0 spiro atoms. The van der Waals surface area contributed by atoms with Crippen molar-refractivity contribution >= 4 is 70.4 Å². The van der Waals surface area contributed by atoms with Crippen LogP contribution >= 0.6 is 0 Å². The number of benzene rings is 5. The Balaban J connectivity index is 1.22. The van der Waals surface area contributed by atoms with Gasteiger partial charge in [-0.3, -0.25) is 13.9 Å². The minimum Gasteiger partial charge on any atom is -0.506 e. The van der Waals surface area contributed by atoms with Gasteiger partial charge < -0.3 is 15.7 Å². The summed E-state index contributed by atoms with van der Waals surface area (Å²) in [5.74, 6) is -0.771. The third-order valence-electron chi connectivity index (χ3n) is 10.8. The van der Waals surface area contributed by atoms with E-state index in [2.05, 4.69) is 34.7 Å². The molecule has 5 rings (SSSR count). The lowest BCUT2D eigenvalue weighted by molar-refractivity contribution is 0.102. The standard InChI is InChI=1S/C46H58N4O8S2/c1-3-4-5-6-7-8-9-10-11-12-13-14-15-16-19-33(2)32-47-42-27-26-38(60(56,57)58)30-44(42)48-46(52)41-31-43(39-20-17-18-21-40(39)45(41)51)50-49-36-24-22-35-29-37(59(53,54)55)25-23-34(35)28-36/h17-18,20-31,33,47,51H,3-16,19,32H2,1-2H3,(H,48,52)(H,53,54,55)(H,56,57,58). The number of phenolic OH excluding ortho intramolecular Hbond substituents is 1. The fourth-order valence-corrected chi connectivity index (χ4v) is 8.37. The maximum Gasteiger partial charge on any atom is 0.294 e. The van der Waals surface area contributed by atoms with Crippen LogP contribution in [0.25, 0.3) is 21.5 Å².